The summed E-state index contributed by atoms with van der Waals surface area (Å²) in [7, 11) is 1.49. The second-order valence-corrected chi connectivity index (χ2v) is 13.5. The van der Waals surface area contributed by atoms with Gasteiger partial charge in [0.1, 0.15) is 37.1 Å². The second-order valence-electron chi connectivity index (χ2n) is 13.5. The van der Waals surface area contributed by atoms with E-state index in [1.54, 1.807) is 0 Å². The molecule has 2 heterocycles. The number of methoxy groups -OCH3 is 1. The maximum absolute atomic E-state index is 12.7. The van der Waals surface area contributed by atoms with Gasteiger partial charge < -0.3 is 52.1 Å². The molecule has 6 unspecified atom stereocenters. The molecule has 0 saturated carbocycles. The molecule has 0 amide bonds. The maximum atomic E-state index is 12.7. The SMILES string of the molecule is CO[C@H]1OC(COCc2ccccc2)[C@@H](O[C@H]2OC(COC(C)=O)[C@@H](OC(C)=O)C(OC(C)=O)C2OC(C)=O)C(OCc2ccccc2)C1OCc1ccccc1. The van der Waals surface area contributed by atoms with Gasteiger partial charge in [-0.3, -0.25) is 19.2 Å². The molecular formula is C42H50O15. The molecule has 2 fully saturated rings. The molecule has 0 bridgehead atoms. The van der Waals surface area contributed by atoms with Gasteiger partial charge in [0.2, 0.25) is 0 Å². The van der Waals surface area contributed by atoms with Crippen LogP contribution < -0.4 is 0 Å². The molecule has 0 aliphatic carbocycles. The van der Waals surface area contributed by atoms with Crippen molar-refractivity contribution in [2.24, 2.45) is 0 Å². The first-order valence-electron chi connectivity index (χ1n) is 18.6. The molecular weight excluding hydrogens is 744 g/mol. The Labute approximate surface area is 331 Å². The Morgan fingerprint density at radius 2 is 0.947 bits per heavy atom. The summed E-state index contributed by atoms with van der Waals surface area (Å²) in [5.74, 6) is -2.98. The number of carbonyl (C=O) groups excluding carboxylic acids is 4. The number of esters is 4. The van der Waals surface area contributed by atoms with Crippen LogP contribution in [0.15, 0.2) is 91.0 Å². The fourth-order valence-corrected chi connectivity index (χ4v) is 6.59. The summed E-state index contributed by atoms with van der Waals surface area (Å²) in [6, 6.07) is 28.5. The normalized spacial score (nSPS) is 27.2. The number of ether oxygens (including phenoxy) is 11. The van der Waals surface area contributed by atoms with Gasteiger partial charge in [0, 0.05) is 34.8 Å². The standard InChI is InChI=1S/C42H50O15/c1-26(43)49-25-34-36(52-27(2)44)38(53-28(3)45)40(54-29(4)46)42(56-34)57-35-33(24-48-21-30-15-9-6-10-16-30)55-41(47-5)39(51-23-32-19-13-8-14-20-32)37(35)50-22-31-17-11-7-12-18-31/h6-20,33-42H,21-25H2,1-5H3/t33?,34?,35-,36-,37?,38?,39?,40?,41+,42-/m1/s1. The first-order chi connectivity index (χ1) is 27.5. The van der Waals surface area contributed by atoms with E-state index in [2.05, 4.69) is 0 Å². The van der Waals surface area contributed by atoms with Crippen molar-refractivity contribution in [1.82, 2.24) is 0 Å². The highest BCUT2D eigenvalue weighted by molar-refractivity contribution is 5.68. The highest BCUT2D eigenvalue weighted by Crippen LogP contribution is 2.36. The van der Waals surface area contributed by atoms with Crippen molar-refractivity contribution in [1.29, 1.82) is 0 Å². The van der Waals surface area contributed by atoms with Crippen LogP contribution in [-0.2, 0) is 91.1 Å². The van der Waals surface area contributed by atoms with Crippen molar-refractivity contribution in [3.8, 4) is 0 Å². The van der Waals surface area contributed by atoms with E-state index in [-0.39, 0.29) is 26.4 Å². The van der Waals surface area contributed by atoms with Crippen molar-refractivity contribution in [3.63, 3.8) is 0 Å². The molecule has 0 N–H and O–H groups in total. The molecule has 0 spiro atoms. The van der Waals surface area contributed by atoms with E-state index in [1.165, 1.54) is 14.0 Å². The van der Waals surface area contributed by atoms with Gasteiger partial charge in [-0.1, -0.05) is 91.0 Å². The van der Waals surface area contributed by atoms with E-state index in [9.17, 15) is 19.2 Å². The summed E-state index contributed by atoms with van der Waals surface area (Å²) in [6.45, 7) is 4.65. The molecule has 15 heteroatoms. The van der Waals surface area contributed by atoms with Crippen molar-refractivity contribution < 1.29 is 71.3 Å². The van der Waals surface area contributed by atoms with Crippen LogP contribution in [0.3, 0.4) is 0 Å². The summed E-state index contributed by atoms with van der Waals surface area (Å²) in [5.41, 5.74) is 2.64. The summed E-state index contributed by atoms with van der Waals surface area (Å²) in [6.07, 6.45) is -12.1. The van der Waals surface area contributed by atoms with E-state index >= 15 is 0 Å². The molecule has 2 saturated heterocycles. The molecule has 2 aliphatic rings. The molecule has 57 heavy (non-hydrogen) atoms. The Morgan fingerprint density at radius 3 is 1.46 bits per heavy atom. The lowest BCUT2D eigenvalue weighted by Gasteiger charge is -2.49. The zero-order valence-corrected chi connectivity index (χ0v) is 32.6. The third-order valence-electron chi connectivity index (χ3n) is 9.03. The lowest BCUT2D eigenvalue weighted by atomic mass is 9.96. The van der Waals surface area contributed by atoms with Gasteiger partial charge in [-0.05, 0) is 16.7 Å². The number of hydrogen-bond donors (Lipinski definition) is 0. The Morgan fingerprint density at radius 1 is 0.491 bits per heavy atom. The molecule has 3 aromatic carbocycles. The van der Waals surface area contributed by atoms with Gasteiger partial charge in [-0.2, -0.15) is 0 Å². The van der Waals surface area contributed by atoms with Crippen LogP contribution in [-0.4, -0.2) is 106 Å². The average Bonchev–Trinajstić information content (AvgIpc) is 3.19. The van der Waals surface area contributed by atoms with Crippen molar-refractivity contribution in [2.45, 2.75) is 109 Å². The van der Waals surface area contributed by atoms with Crippen molar-refractivity contribution in [3.05, 3.63) is 108 Å². The predicted molar refractivity (Wildman–Crippen MR) is 199 cm³/mol. The number of benzene rings is 3. The van der Waals surface area contributed by atoms with Crippen LogP contribution in [0.5, 0.6) is 0 Å². The zero-order chi connectivity index (χ0) is 40.7. The Balaban J connectivity index is 1.56. The Bertz CT molecular complexity index is 1710. The van der Waals surface area contributed by atoms with E-state index in [1.807, 2.05) is 91.0 Å². The lowest BCUT2D eigenvalue weighted by molar-refractivity contribution is -0.367. The van der Waals surface area contributed by atoms with Gasteiger partial charge in [-0.25, -0.2) is 0 Å². The monoisotopic (exact) mass is 794 g/mol. The van der Waals surface area contributed by atoms with E-state index in [0.717, 1.165) is 37.5 Å². The van der Waals surface area contributed by atoms with E-state index in [0.29, 0.717) is 0 Å². The quantitative estimate of drug-likeness (QED) is 0.132. The van der Waals surface area contributed by atoms with Gasteiger partial charge in [0.25, 0.3) is 0 Å². The fourth-order valence-electron chi connectivity index (χ4n) is 6.59. The smallest absolute Gasteiger partial charge is 0.303 e. The summed E-state index contributed by atoms with van der Waals surface area (Å²) in [4.78, 5) is 49.5. The van der Waals surface area contributed by atoms with Gasteiger partial charge in [0.15, 0.2) is 30.9 Å². The van der Waals surface area contributed by atoms with Crippen LogP contribution in [0.1, 0.15) is 44.4 Å². The molecule has 3 aromatic rings. The second kappa shape index (κ2) is 21.7. The van der Waals surface area contributed by atoms with Crippen molar-refractivity contribution in [2.75, 3.05) is 20.3 Å². The van der Waals surface area contributed by atoms with Crippen LogP contribution in [0.2, 0.25) is 0 Å². The minimum atomic E-state index is -1.55. The number of carbonyl (C=O) groups is 4. The van der Waals surface area contributed by atoms with Gasteiger partial charge >= 0.3 is 23.9 Å². The summed E-state index contributed by atoms with van der Waals surface area (Å²) >= 11 is 0. The summed E-state index contributed by atoms with van der Waals surface area (Å²) in [5, 5.41) is 0. The molecule has 308 valence electrons. The number of rotatable bonds is 18. The van der Waals surface area contributed by atoms with Crippen LogP contribution in [0.25, 0.3) is 0 Å². The molecule has 15 nitrogen and oxygen atoms in total. The largest absolute Gasteiger partial charge is 0.463 e. The molecule has 10 atom stereocenters. The first kappa shape index (κ1) is 43.4. The van der Waals surface area contributed by atoms with Crippen LogP contribution in [0.4, 0.5) is 0 Å². The summed E-state index contributed by atoms with van der Waals surface area (Å²) < 4.78 is 67.2. The van der Waals surface area contributed by atoms with Crippen LogP contribution >= 0.6 is 0 Å². The zero-order valence-electron chi connectivity index (χ0n) is 32.6. The number of hydrogen-bond acceptors (Lipinski definition) is 15. The molecule has 2 aliphatic heterocycles. The van der Waals surface area contributed by atoms with Gasteiger partial charge in [0.05, 0.1) is 26.4 Å². The third-order valence-corrected chi connectivity index (χ3v) is 9.03. The van der Waals surface area contributed by atoms with E-state index < -0.39 is 91.9 Å². The topological polar surface area (TPSA) is 170 Å². The van der Waals surface area contributed by atoms with E-state index in [4.69, 9.17) is 52.1 Å². The first-order valence-corrected chi connectivity index (χ1v) is 18.6. The maximum Gasteiger partial charge on any atom is 0.303 e. The Kier molecular flexibility index (Phi) is 16.5. The lowest BCUT2D eigenvalue weighted by Crippen LogP contribution is -2.67. The minimum absolute atomic E-state index is 0.0404. The van der Waals surface area contributed by atoms with Gasteiger partial charge in [-0.15, -0.1) is 0 Å². The third kappa shape index (κ3) is 12.9. The van der Waals surface area contributed by atoms with Crippen molar-refractivity contribution >= 4 is 23.9 Å². The minimum Gasteiger partial charge on any atom is -0.463 e. The average molecular weight is 795 g/mol. The Hall–Kier alpha value is -4.74. The molecule has 0 aromatic heterocycles. The van der Waals surface area contributed by atoms with Crippen LogP contribution in [0, 0.1) is 0 Å². The fraction of sp³-hybridized carbons (Fsp3) is 0.476. The predicted octanol–water partition coefficient (Wildman–Crippen LogP) is 4.21. The highest BCUT2D eigenvalue weighted by Gasteiger charge is 2.56. The highest BCUT2D eigenvalue weighted by atomic mass is 16.8. The molecule has 0 radical (unpaired) electrons. The molecule has 5 rings (SSSR count).